The van der Waals surface area contributed by atoms with E-state index in [1.54, 1.807) is 0 Å². The highest BCUT2D eigenvalue weighted by Gasteiger charge is 2.43. The topological polar surface area (TPSA) is 60.2 Å². The highest BCUT2D eigenvalue weighted by Crippen LogP contribution is 2.39. The third-order valence-electron chi connectivity index (χ3n) is 3.90. The van der Waals surface area contributed by atoms with E-state index in [0.717, 1.165) is 11.4 Å². The van der Waals surface area contributed by atoms with Gasteiger partial charge in [0.25, 0.3) is 0 Å². The van der Waals surface area contributed by atoms with E-state index >= 15 is 0 Å². The van der Waals surface area contributed by atoms with Gasteiger partial charge in [0.1, 0.15) is 6.54 Å². The van der Waals surface area contributed by atoms with Crippen LogP contribution in [0.1, 0.15) is 32.8 Å². The minimum atomic E-state index is -4.16. The van der Waals surface area contributed by atoms with Gasteiger partial charge in [0, 0.05) is 29.9 Å². The minimum absolute atomic E-state index is 0.126. The van der Waals surface area contributed by atoms with Crippen molar-refractivity contribution in [3.63, 3.8) is 0 Å². The first-order valence-corrected chi connectivity index (χ1v) is 8.66. The lowest BCUT2D eigenvalue weighted by Crippen LogP contribution is -2.28. The zero-order chi connectivity index (χ0) is 15.7. The summed E-state index contributed by atoms with van der Waals surface area (Å²) in [5.74, 6) is -0.324. The summed E-state index contributed by atoms with van der Waals surface area (Å²) >= 11 is 0. The molecule has 0 atom stereocenters. The summed E-state index contributed by atoms with van der Waals surface area (Å²) in [6, 6.07) is 8.13. The second-order valence-corrected chi connectivity index (χ2v) is 7.32. The average molecular weight is 307 g/mol. The Morgan fingerprint density at radius 1 is 1.29 bits per heavy atom. The molecule has 0 radical (unpaired) electrons. The first-order valence-electron chi connectivity index (χ1n) is 7.08. The molecule has 1 heterocycles. The van der Waals surface area contributed by atoms with Crippen LogP contribution in [0.25, 0.3) is 0 Å². The monoisotopic (exact) mass is 307 g/mol. The van der Waals surface area contributed by atoms with Gasteiger partial charge in [-0.2, -0.15) is 4.58 Å². The Labute approximate surface area is 126 Å². The molecule has 21 heavy (non-hydrogen) atoms. The summed E-state index contributed by atoms with van der Waals surface area (Å²) in [6.45, 7) is 6.81. The molecule has 0 saturated carbocycles. The van der Waals surface area contributed by atoms with Gasteiger partial charge in [-0.15, -0.1) is 0 Å². The molecule has 114 valence electrons. The molecular weight excluding hydrogens is 286 g/mol. The van der Waals surface area contributed by atoms with Crippen molar-refractivity contribution in [1.82, 2.24) is 0 Å². The molecule has 0 fully saturated rings. The fourth-order valence-electron chi connectivity index (χ4n) is 2.94. The van der Waals surface area contributed by atoms with Gasteiger partial charge >= 0.3 is 0 Å². The van der Waals surface area contributed by atoms with Crippen molar-refractivity contribution in [3.05, 3.63) is 42.0 Å². The van der Waals surface area contributed by atoms with E-state index in [1.807, 2.05) is 31.2 Å². The largest absolute Gasteiger partial charge is 0.748 e. The fraction of sp³-hybridized carbons (Fsp3) is 0.438. The zero-order valence-electron chi connectivity index (χ0n) is 12.7. The number of nitrogens with zero attached hydrogens (tertiary/aromatic N) is 1. The molecule has 0 aliphatic carbocycles. The molecule has 0 amide bonds. The Morgan fingerprint density at radius 3 is 2.57 bits per heavy atom. The summed E-state index contributed by atoms with van der Waals surface area (Å²) < 4.78 is 34.5. The van der Waals surface area contributed by atoms with Crippen LogP contribution in [-0.2, 0) is 15.5 Å². The van der Waals surface area contributed by atoms with E-state index in [2.05, 4.69) is 30.6 Å². The maximum atomic E-state index is 10.8. The predicted octanol–water partition coefficient (Wildman–Crippen LogP) is 2.57. The molecule has 0 spiro atoms. The van der Waals surface area contributed by atoms with Crippen molar-refractivity contribution in [1.29, 1.82) is 0 Å². The molecule has 4 nitrogen and oxygen atoms in total. The predicted molar refractivity (Wildman–Crippen MR) is 83.3 cm³/mol. The summed E-state index contributed by atoms with van der Waals surface area (Å²) in [5.41, 5.74) is 3.33. The molecule has 1 aliphatic heterocycles. The second kappa shape index (κ2) is 5.73. The number of fused-ring (bicyclic) bond motifs is 1. The van der Waals surface area contributed by atoms with E-state index in [9.17, 15) is 13.0 Å². The lowest BCUT2D eigenvalue weighted by atomic mass is 9.81. The van der Waals surface area contributed by atoms with Crippen molar-refractivity contribution in [2.24, 2.45) is 0 Å². The third-order valence-corrected chi connectivity index (χ3v) is 4.69. The van der Waals surface area contributed by atoms with Crippen LogP contribution in [0.3, 0.4) is 0 Å². The quantitative estimate of drug-likeness (QED) is 0.620. The van der Waals surface area contributed by atoms with Crippen LogP contribution in [0.15, 0.2) is 36.4 Å². The summed E-state index contributed by atoms with van der Waals surface area (Å²) in [7, 11) is -4.16. The normalized spacial score (nSPS) is 17.5. The van der Waals surface area contributed by atoms with Crippen LogP contribution in [-0.4, -0.2) is 35.6 Å². The molecule has 0 saturated heterocycles. The first-order chi connectivity index (χ1) is 9.77. The molecule has 0 unspecified atom stereocenters. The SMILES string of the molecule is C/C=C/C1=[N+](CCCS(=O)(=O)[O-])c2ccccc2C1(C)C. The Bertz CT molecular complexity index is 700. The molecular formula is C16H21NO3S. The lowest BCUT2D eigenvalue weighted by Gasteiger charge is -2.15. The Morgan fingerprint density at radius 2 is 1.95 bits per heavy atom. The van der Waals surface area contributed by atoms with Gasteiger partial charge in [0.2, 0.25) is 5.69 Å². The number of para-hydroxylation sites is 1. The molecule has 1 aromatic carbocycles. The highest BCUT2D eigenvalue weighted by atomic mass is 32.2. The number of allylic oxidation sites excluding steroid dienone is 2. The van der Waals surface area contributed by atoms with Gasteiger partial charge in [-0.3, -0.25) is 0 Å². The molecule has 0 N–H and O–H groups in total. The van der Waals surface area contributed by atoms with E-state index in [0.29, 0.717) is 13.0 Å². The van der Waals surface area contributed by atoms with Gasteiger partial charge in [-0.25, -0.2) is 8.42 Å². The summed E-state index contributed by atoms with van der Waals surface area (Å²) in [4.78, 5) is 0. The highest BCUT2D eigenvalue weighted by molar-refractivity contribution is 7.85. The summed E-state index contributed by atoms with van der Waals surface area (Å²) in [5, 5.41) is 0. The van der Waals surface area contributed by atoms with E-state index in [1.165, 1.54) is 5.56 Å². The number of rotatable bonds is 5. The van der Waals surface area contributed by atoms with Gasteiger partial charge in [-0.1, -0.05) is 24.3 Å². The van der Waals surface area contributed by atoms with Gasteiger partial charge in [0.05, 0.1) is 15.5 Å². The zero-order valence-corrected chi connectivity index (χ0v) is 13.5. The van der Waals surface area contributed by atoms with Crippen LogP contribution >= 0.6 is 0 Å². The van der Waals surface area contributed by atoms with E-state index in [4.69, 9.17) is 0 Å². The van der Waals surface area contributed by atoms with Crippen molar-refractivity contribution in [2.75, 3.05) is 12.3 Å². The average Bonchev–Trinajstić information content (AvgIpc) is 2.60. The fourth-order valence-corrected chi connectivity index (χ4v) is 3.42. The smallest absolute Gasteiger partial charge is 0.209 e. The molecule has 5 heteroatoms. The van der Waals surface area contributed by atoms with Crippen LogP contribution in [0.5, 0.6) is 0 Å². The van der Waals surface area contributed by atoms with Crippen molar-refractivity contribution in [2.45, 2.75) is 32.6 Å². The Kier molecular flexibility index (Phi) is 4.35. The van der Waals surface area contributed by atoms with Crippen LogP contribution in [0.4, 0.5) is 5.69 Å². The van der Waals surface area contributed by atoms with Gasteiger partial charge < -0.3 is 4.55 Å². The molecule has 0 bridgehead atoms. The van der Waals surface area contributed by atoms with Gasteiger partial charge in [-0.05, 0) is 20.8 Å². The number of hydrogen-bond acceptors (Lipinski definition) is 3. The second-order valence-electron chi connectivity index (χ2n) is 5.79. The third kappa shape index (κ3) is 3.24. The molecule has 2 rings (SSSR count). The van der Waals surface area contributed by atoms with Crippen molar-refractivity contribution < 1.29 is 17.5 Å². The van der Waals surface area contributed by atoms with E-state index in [-0.39, 0.29) is 11.2 Å². The van der Waals surface area contributed by atoms with Gasteiger partial charge in [0.15, 0.2) is 5.71 Å². The molecule has 1 aliphatic rings. The summed E-state index contributed by atoms with van der Waals surface area (Å²) in [6.07, 6.45) is 4.38. The minimum Gasteiger partial charge on any atom is -0.748 e. The Balaban J connectivity index is 2.40. The van der Waals surface area contributed by atoms with Crippen molar-refractivity contribution >= 4 is 21.5 Å². The van der Waals surface area contributed by atoms with E-state index < -0.39 is 10.1 Å². The number of hydrogen-bond donors (Lipinski definition) is 0. The van der Waals surface area contributed by atoms with Crippen LogP contribution in [0.2, 0.25) is 0 Å². The Hall–Kier alpha value is -1.46. The lowest BCUT2D eigenvalue weighted by molar-refractivity contribution is -0.437. The first kappa shape index (κ1) is 15.9. The maximum absolute atomic E-state index is 10.8. The van der Waals surface area contributed by atoms with Crippen LogP contribution in [0, 0.1) is 0 Å². The van der Waals surface area contributed by atoms with Crippen LogP contribution < -0.4 is 0 Å². The molecule has 1 aromatic rings. The maximum Gasteiger partial charge on any atom is 0.209 e. The number of benzene rings is 1. The standard InChI is InChI=1S/C16H21NO3S/c1-4-8-15-16(2,3)13-9-5-6-10-14(13)17(15)11-7-12-21(18,19)20/h4-6,8-10H,7,11-12H2,1-3H3/b8-4+. The van der Waals surface area contributed by atoms with Crippen molar-refractivity contribution in [3.8, 4) is 0 Å². The molecule has 0 aromatic heterocycles.